The summed E-state index contributed by atoms with van der Waals surface area (Å²) in [6, 6.07) is 0. The summed E-state index contributed by atoms with van der Waals surface area (Å²) < 4.78 is 0. The van der Waals surface area contributed by atoms with Gasteiger partial charge in [-0.3, -0.25) is 16.5 Å². The fourth-order valence-electron chi connectivity index (χ4n) is 0.544. The first kappa shape index (κ1) is 7.00. The molecule has 0 atom stereocenters. The summed E-state index contributed by atoms with van der Waals surface area (Å²) in [6.07, 6.45) is 2.86. The van der Waals surface area contributed by atoms with E-state index in [1.165, 1.54) is 12.4 Å². The second-order valence-electron chi connectivity index (χ2n) is 2.05. The highest BCUT2D eigenvalue weighted by Gasteiger charge is 2.30. The summed E-state index contributed by atoms with van der Waals surface area (Å²) in [5.74, 6) is 4.08. The molecule has 0 fully saturated rings. The summed E-state index contributed by atoms with van der Waals surface area (Å²) in [6.45, 7) is 0. The smallest absolute Gasteiger partial charge is 0.214 e. The lowest BCUT2D eigenvalue weighted by molar-refractivity contribution is 0.229. The van der Waals surface area contributed by atoms with Crippen molar-refractivity contribution < 1.29 is 0 Å². The van der Waals surface area contributed by atoms with Crippen molar-refractivity contribution in [2.75, 3.05) is 0 Å². The number of aliphatic imine (C=N–C) groups is 1. The van der Waals surface area contributed by atoms with Crippen LogP contribution in [0.25, 0.3) is 0 Å². The Bertz CT molecular complexity index is 192. The molecule has 0 aromatic carbocycles. The number of hydrogen-bond acceptors (Lipinski definition) is 6. The van der Waals surface area contributed by atoms with Gasteiger partial charge in [-0.25, -0.2) is 10.8 Å². The maximum Gasteiger partial charge on any atom is 0.214 e. The highest BCUT2D eigenvalue weighted by molar-refractivity contribution is 5.89. The second kappa shape index (κ2) is 1.94. The van der Waals surface area contributed by atoms with E-state index in [0.29, 0.717) is 0 Å². The van der Waals surface area contributed by atoms with Crippen LogP contribution in [-0.4, -0.2) is 16.6 Å². The van der Waals surface area contributed by atoms with E-state index < -0.39 is 5.79 Å². The highest BCUT2D eigenvalue weighted by Crippen LogP contribution is 2.02. The van der Waals surface area contributed by atoms with E-state index >= 15 is 0 Å². The first-order valence-corrected chi connectivity index (χ1v) is 2.67. The van der Waals surface area contributed by atoms with Crippen molar-refractivity contribution in [2.45, 2.75) is 5.79 Å². The maximum absolute atomic E-state index is 5.44. The molecule has 0 amide bonds. The molecule has 10 heavy (non-hydrogen) atoms. The molecule has 1 aliphatic heterocycles. The Morgan fingerprint density at radius 2 is 2.10 bits per heavy atom. The van der Waals surface area contributed by atoms with Crippen molar-refractivity contribution in [2.24, 2.45) is 28.0 Å². The van der Waals surface area contributed by atoms with E-state index in [4.69, 9.17) is 23.0 Å². The molecule has 8 N–H and O–H groups in total. The Hall–Kier alpha value is -1.11. The first-order chi connectivity index (χ1) is 4.55. The van der Waals surface area contributed by atoms with Gasteiger partial charge in [0, 0.05) is 12.4 Å². The predicted octanol–water partition coefficient (Wildman–Crippen LogP) is -2.42. The number of hydrogen-bond donors (Lipinski definition) is 4. The first-order valence-electron chi connectivity index (χ1n) is 2.67. The van der Waals surface area contributed by atoms with E-state index in [1.54, 1.807) is 0 Å². The molecule has 56 valence electrons. The van der Waals surface area contributed by atoms with Gasteiger partial charge in [-0.15, -0.1) is 0 Å². The van der Waals surface area contributed by atoms with Crippen LogP contribution < -0.4 is 23.0 Å². The van der Waals surface area contributed by atoms with E-state index in [-0.39, 0.29) is 5.84 Å². The number of amidine groups is 1. The molecule has 1 rings (SSSR count). The molecular weight excluding hydrogens is 132 g/mol. The van der Waals surface area contributed by atoms with E-state index in [0.717, 1.165) is 5.01 Å². The minimum absolute atomic E-state index is 0.0949. The van der Waals surface area contributed by atoms with Crippen LogP contribution in [-0.2, 0) is 0 Å². The molecule has 0 aromatic heterocycles. The average molecular weight is 142 g/mol. The summed E-state index contributed by atoms with van der Waals surface area (Å²) in [5.41, 5.74) is 16.2. The van der Waals surface area contributed by atoms with Gasteiger partial charge in [-0.2, -0.15) is 0 Å². The molecule has 0 radical (unpaired) electrons. The van der Waals surface area contributed by atoms with Gasteiger partial charge >= 0.3 is 0 Å². The zero-order chi connectivity index (χ0) is 7.78. The van der Waals surface area contributed by atoms with Gasteiger partial charge in [0.2, 0.25) is 5.79 Å². The lowest BCUT2D eigenvalue weighted by Gasteiger charge is -2.33. The fraction of sp³-hybridized carbons (Fsp3) is 0.250. The quantitative estimate of drug-likeness (QED) is 0.221. The Kier molecular flexibility index (Phi) is 1.36. The van der Waals surface area contributed by atoms with E-state index in [2.05, 4.69) is 4.99 Å². The fourth-order valence-corrected chi connectivity index (χ4v) is 0.544. The van der Waals surface area contributed by atoms with E-state index in [1.807, 2.05) is 0 Å². The van der Waals surface area contributed by atoms with Crippen LogP contribution in [0.15, 0.2) is 17.4 Å². The third-order valence-electron chi connectivity index (χ3n) is 1.28. The predicted molar refractivity (Wildman–Crippen MR) is 37.9 cm³/mol. The van der Waals surface area contributed by atoms with Crippen LogP contribution in [0.5, 0.6) is 0 Å². The van der Waals surface area contributed by atoms with Gasteiger partial charge in [0.05, 0.1) is 0 Å². The van der Waals surface area contributed by atoms with Gasteiger partial charge in [0.1, 0.15) is 0 Å². The molecule has 0 saturated carbocycles. The zero-order valence-electron chi connectivity index (χ0n) is 5.36. The summed E-state index contributed by atoms with van der Waals surface area (Å²) >= 11 is 0. The summed E-state index contributed by atoms with van der Waals surface area (Å²) in [4.78, 5) is 3.68. The Balaban J connectivity index is 2.93. The third kappa shape index (κ3) is 0.838. The topological polar surface area (TPSA) is 120 Å². The number of nitrogens with zero attached hydrogens (tertiary/aromatic N) is 2. The van der Waals surface area contributed by atoms with Gasteiger partial charge < -0.3 is 5.73 Å². The Morgan fingerprint density at radius 1 is 1.50 bits per heavy atom. The van der Waals surface area contributed by atoms with Crippen molar-refractivity contribution in [3.63, 3.8) is 0 Å². The van der Waals surface area contributed by atoms with Crippen molar-refractivity contribution in [3.8, 4) is 0 Å². The highest BCUT2D eigenvalue weighted by atomic mass is 15.5. The van der Waals surface area contributed by atoms with Crippen LogP contribution in [0.4, 0.5) is 0 Å². The van der Waals surface area contributed by atoms with Crippen LogP contribution in [0, 0.1) is 0 Å². The summed E-state index contributed by atoms with van der Waals surface area (Å²) in [5, 5.41) is 1.09. The lowest BCUT2D eigenvalue weighted by Crippen LogP contribution is -2.71. The average Bonchev–Trinajstić information content (AvgIpc) is 1.84. The normalized spacial score (nSPS) is 22.7. The molecule has 0 aliphatic carbocycles. The van der Waals surface area contributed by atoms with E-state index in [9.17, 15) is 0 Å². The van der Waals surface area contributed by atoms with Gasteiger partial charge in [0.15, 0.2) is 5.84 Å². The van der Waals surface area contributed by atoms with Gasteiger partial charge in [0.25, 0.3) is 0 Å². The zero-order valence-corrected chi connectivity index (χ0v) is 5.36. The van der Waals surface area contributed by atoms with Crippen LogP contribution in [0.1, 0.15) is 0 Å². The number of nitrogens with two attached hydrogens (primary N) is 4. The molecule has 0 unspecified atom stereocenters. The van der Waals surface area contributed by atoms with Gasteiger partial charge in [-0.1, -0.05) is 0 Å². The van der Waals surface area contributed by atoms with Crippen LogP contribution in [0.2, 0.25) is 0 Å². The molecule has 6 nitrogen and oxygen atoms in total. The minimum atomic E-state index is -1.35. The monoisotopic (exact) mass is 142 g/mol. The molecular formula is C4H10N6. The Morgan fingerprint density at radius 3 is 2.50 bits per heavy atom. The Labute approximate surface area is 58.1 Å². The third-order valence-corrected chi connectivity index (χ3v) is 1.28. The molecule has 0 aromatic rings. The maximum atomic E-state index is 5.44. The molecule has 6 heteroatoms. The molecule has 1 aliphatic rings. The molecule has 0 spiro atoms. The van der Waals surface area contributed by atoms with Crippen LogP contribution in [0.3, 0.4) is 0 Å². The number of hydrazine groups is 1. The number of rotatable bonds is 0. The van der Waals surface area contributed by atoms with Crippen molar-refractivity contribution >= 4 is 5.84 Å². The molecule has 0 bridgehead atoms. The van der Waals surface area contributed by atoms with Gasteiger partial charge in [-0.05, 0) is 0 Å². The molecule has 1 heterocycles. The van der Waals surface area contributed by atoms with Crippen molar-refractivity contribution in [1.82, 2.24) is 5.01 Å². The largest absolute Gasteiger partial charge is 0.383 e. The minimum Gasteiger partial charge on any atom is -0.383 e. The van der Waals surface area contributed by atoms with Crippen molar-refractivity contribution in [3.05, 3.63) is 12.4 Å². The SMILES string of the molecule is NC1=NC=CN(N)C1(N)N. The molecule has 0 saturated heterocycles. The summed E-state index contributed by atoms with van der Waals surface area (Å²) in [7, 11) is 0. The lowest BCUT2D eigenvalue weighted by atomic mass is 10.3. The second-order valence-corrected chi connectivity index (χ2v) is 2.05. The van der Waals surface area contributed by atoms with Crippen molar-refractivity contribution in [1.29, 1.82) is 0 Å². The van der Waals surface area contributed by atoms with Crippen LogP contribution >= 0.6 is 0 Å². The standard InChI is InChI=1S/C4H10N6/c5-3-4(6,7)10(8)2-1-9-3/h1-2H,6-8H2,(H2,5,9).